The van der Waals surface area contributed by atoms with Gasteiger partial charge in [0, 0.05) is 20.1 Å². The number of benzene rings is 1. The SMILES string of the molecule is Cn1c(CC(=O)CN2CCCNCC2)nc2ccccc21. The molecule has 0 atom stereocenters. The van der Waals surface area contributed by atoms with Gasteiger partial charge >= 0.3 is 0 Å². The van der Waals surface area contributed by atoms with Crippen molar-refractivity contribution >= 4 is 16.8 Å². The first kappa shape index (κ1) is 14.2. The van der Waals surface area contributed by atoms with E-state index in [1.165, 1.54) is 0 Å². The average Bonchev–Trinajstić information content (AvgIpc) is 2.67. The van der Waals surface area contributed by atoms with Crippen LogP contribution in [0.25, 0.3) is 11.0 Å². The van der Waals surface area contributed by atoms with Crippen LogP contribution in [-0.2, 0) is 18.3 Å². The second kappa shape index (κ2) is 6.37. The Balaban J connectivity index is 1.67. The second-order valence-corrected chi connectivity index (χ2v) is 5.67. The van der Waals surface area contributed by atoms with Gasteiger partial charge in [0.2, 0.25) is 0 Å². The number of nitrogens with one attached hydrogen (secondary N) is 1. The summed E-state index contributed by atoms with van der Waals surface area (Å²) in [5.41, 5.74) is 2.04. The number of carbonyl (C=O) groups excluding carboxylic acids is 1. The maximum absolute atomic E-state index is 12.3. The van der Waals surface area contributed by atoms with Crippen LogP contribution in [-0.4, -0.2) is 53.0 Å². The van der Waals surface area contributed by atoms with Crippen LogP contribution in [0.5, 0.6) is 0 Å². The molecule has 1 aromatic carbocycles. The van der Waals surface area contributed by atoms with Crippen molar-refractivity contribution < 1.29 is 4.79 Å². The summed E-state index contributed by atoms with van der Waals surface area (Å²) in [4.78, 5) is 19.1. The molecule has 1 saturated heterocycles. The van der Waals surface area contributed by atoms with Crippen molar-refractivity contribution in [1.82, 2.24) is 19.8 Å². The van der Waals surface area contributed by atoms with Gasteiger partial charge in [-0.15, -0.1) is 0 Å². The maximum Gasteiger partial charge on any atom is 0.154 e. The smallest absolute Gasteiger partial charge is 0.154 e. The Labute approximate surface area is 125 Å². The van der Waals surface area contributed by atoms with Gasteiger partial charge in [0.15, 0.2) is 5.78 Å². The summed E-state index contributed by atoms with van der Waals surface area (Å²) in [6.07, 6.45) is 1.52. The topological polar surface area (TPSA) is 50.2 Å². The summed E-state index contributed by atoms with van der Waals surface area (Å²) in [6, 6.07) is 8.01. The van der Waals surface area contributed by atoms with E-state index >= 15 is 0 Å². The summed E-state index contributed by atoms with van der Waals surface area (Å²) in [7, 11) is 1.98. The number of nitrogens with zero attached hydrogens (tertiary/aromatic N) is 3. The number of carbonyl (C=O) groups is 1. The molecule has 0 bridgehead atoms. The molecule has 1 aliphatic rings. The van der Waals surface area contributed by atoms with Crippen LogP contribution < -0.4 is 5.32 Å². The Morgan fingerprint density at radius 2 is 2.14 bits per heavy atom. The van der Waals surface area contributed by atoms with Crippen LogP contribution in [0.2, 0.25) is 0 Å². The highest BCUT2D eigenvalue weighted by atomic mass is 16.1. The molecule has 0 radical (unpaired) electrons. The van der Waals surface area contributed by atoms with E-state index in [0.29, 0.717) is 13.0 Å². The lowest BCUT2D eigenvalue weighted by Gasteiger charge is -2.18. The summed E-state index contributed by atoms with van der Waals surface area (Å²) in [5, 5.41) is 3.36. The fraction of sp³-hybridized carbons (Fsp3) is 0.500. The number of hydrogen-bond donors (Lipinski definition) is 1. The van der Waals surface area contributed by atoms with Crippen LogP contribution in [0.4, 0.5) is 0 Å². The van der Waals surface area contributed by atoms with Crippen LogP contribution in [0.1, 0.15) is 12.2 Å². The molecule has 0 amide bonds. The van der Waals surface area contributed by atoms with Gasteiger partial charge in [-0.2, -0.15) is 0 Å². The first-order valence-corrected chi connectivity index (χ1v) is 7.59. The molecule has 3 rings (SSSR count). The third kappa shape index (κ3) is 3.31. The zero-order chi connectivity index (χ0) is 14.7. The molecule has 2 aromatic rings. The van der Waals surface area contributed by atoms with Gasteiger partial charge in [-0.1, -0.05) is 12.1 Å². The van der Waals surface area contributed by atoms with Crippen molar-refractivity contribution in [2.45, 2.75) is 12.8 Å². The van der Waals surface area contributed by atoms with Gasteiger partial charge in [-0.05, 0) is 31.6 Å². The summed E-state index contributed by atoms with van der Waals surface area (Å²) < 4.78 is 2.03. The standard InChI is InChI=1S/C16H22N4O/c1-19-15-6-3-2-5-14(15)18-16(19)11-13(21)12-20-9-4-7-17-8-10-20/h2-3,5-6,17H,4,7-12H2,1H3. The molecule has 1 N–H and O–H groups in total. The van der Waals surface area contributed by atoms with Crippen molar-refractivity contribution in [3.8, 4) is 0 Å². The fourth-order valence-electron chi connectivity index (χ4n) is 2.89. The normalized spacial score (nSPS) is 17.0. The number of para-hydroxylation sites is 2. The number of rotatable bonds is 4. The van der Waals surface area contributed by atoms with Gasteiger partial charge in [0.25, 0.3) is 0 Å². The highest BCUT2D eigenvalue weighted by Gasteiger charge is 2.16. The Kier molecular flexibility index (Phi) is 4.31. The molecule has 5 nitrogen and oxygen atoms in total. The third-order valence-electron chi connectivity index (χ3n) is 4.07. The molecule has 0 saturated carbocycles. The molecule has 2 heterocycles. The molecule has 0 unspecified atom stereocenters. The van der Waals surface area contributed by atoms with Crippen molar-refractivity contribution in [3.63, 3.8) is 0 Å². The monoisotopic (exact) mass is 286 g/mol. The highest BCUT2D eigenvalue weighted by molar-refractivity contribution is 5.84. The van der Waals surface area contributed by atoms with Gasteiger partial charge in [0.05, 0.1) is 24.0 Å². The number of ketones is 1. The Morgan fingerprint density at radius 3 is 3.00 bits per heavy atom. The van der Waals surface area contributed by atoms with Crippen molar-refractivity contribution in [3.05, 3.63) is 30.1 Å². The minimum absolute atomic E-state index is 0.246. The lowest BCUT2D eigenvalue weighted by Crippen LogP contribution is -2.34. The number of fused-ring (bicyclic) bond motifs is 1. The predicted molar refractivity (Wildman–Crippen MR) is 83.4 cm³/mol. The number of Topliss-reactive ketones (excluding diaryl/α,β-unsaturated/α-hetero) is 1. The van der Waals surface area contributed by atoms with E-state index in [4.69, 9.17) is 0 Å². The average molecular weight is 286 g/mol. The quantitative estimate of drug-likeness (QED) is 0.910. The lowest BCUT2D eigenvalue weighted by atomic mass is 10.2. The molecular formula is C16H22N4O. The second-order valence-electron chi connectivity index (χ2n) is 5.67. The minimum Gasteiger partial charge on any atom is -0.331 e. The van der Waals surface area contributed by atoms with E-state index in [1.54, 1.807) is 0 Å². The van der Waals surface area contributed by atoms with E-state index < -0.39 is 0 Å². The number of aryl methyl sites for hydroxylation is 1. The minimum atomic E-state index is 0.246. The van der Waals surface area contributed by atoms with Gasteiger partial charge in [-0.25, -0.2) is 4.98 Å². The molecule has 1 fully saturated rings. The highest BCUT2D eigenvalue weighted by Crippen LogP contribution is 2.14. The molecule has 1 aromatic heterocycles. The summed E-state index contributed by atoms with van der Waals surface area (Å²) >= 11 is 0. The number of imidazole rings is 1. The number of hydrogen-bond acceptors (Lipinski definition) is 4. The van der Waals surface area contributed by atoms with E-state index in [0.717, 1.165) is 49.5 Å². The lowest BCUT2D eigenvalue weighted by molar-refractivity contribution is -0.119. The zero-order valence-electron chi connectivity index (χ0n) is 12.5. The Bertz CT molecular complexity index is 626. The van der Waals surface area contributed by atoms with Crippen LogP contribution in [0.15, 0.2) is 24.3 Å². The third-order valence-corrected chi connectivity index (χ3v) is 4.07. The van der Waals surface area contributed by atoms with Crippen LogP contribution in [0, 0.1) is 0 Å². The van der Waals surface area contributed by atoms with Gasteiger partial charge < -0.3 is 9.88 Å². The largest absolute Gasteiger partial charge is 0.331 e. The molecule has 5 heteroatoms. The van der Waals surface area contributed by atoms with Crippen LogP contribution >= 0.6 is 0 Å². The van der Waals surface area contributed by atoms with Crippen LogP contribution in [0.3, 0.4) is 0 Å². The Morgan fingerprint density at radius 1 is 1.29 bits per heavy atom. The summed E-state index contributed by atoms with van der Waals surface area (Å²) in [6.45, 7) is 4.51. The van der Waals surface area contributed by atoms with E-state index in [-0.39, 0.29) is 5.78 Å². The summed E-state index contributed by atoms with van der Waals surface area (Å²) in [5.74, 6) is 1.10. The first-order chi connectivity index (χ1) is 10.2. The predicted octanol–water partition coefficient (Wildman–Crippen LogP) is 0.980. The first-order valence-electron chi connectivity index (χ1n) is 7.59. The van der Waals surface area contributed by atoms with E-state index in [1.807, 2.05) is 35.9 Å². The van der Waals surface area contributed by atoms with E-state index in [9.17, 15) is 4.79 Å². The van der Waals surface area contributed by atoms with Gasteiger partial charge in [0.1, 0.15) is 5.82 Å². The maximum atomic E-state index is 12.3. The van der Waals surface area contributed by atoms with Crippen molar-refractivity contribution in [2.75, 3.05) is 32.7 Å². The molecule has 1 aliphatic heterocycles. The molecule has 21 heavy (non-hydrogen) atoms. The molecule has 0 aliphatic carbocycles. The zero-order valence-corrected chi connectivity index (χ0v) is 12.5. The van der Waals surface area contributed by atoms with E-state index in [2.05, 4.69) is 15.2 Å². The fourth-order valence-corrected chi connectivity index (χ4v) is 2.89. The molecule has 112 valence electrons. The molecule has 0 spiro atoms. The van der Waals surface area contributed by atoms with Gasteiger partial charge in [-0.3, -0.25) is 9.69 Å². The van der Waals surface area contributed by atoms with Crippen molar-refractivity contribution in [2.24, 2.45) is 7.05 Å². The van der Waals surface area contributed by atoms with Crippen molar-refractivity contribution in [1.29, 1.82) is 0 Å². The Hall–Kier alpha value is -1.72. The number of aromatic nitrogens is 2. The molecular weight excluding hydrogens is 264 g/mol.